The number of aliphatic imine (C=N–C) groups is 1. The van der Waals surface area contributed by atoms with Gasteiger partial charge in [0.25, 0.3) is 0 Å². The van der Waals surface area contributed by atoms with Gasteiger partial charge in [-0.1, -0.05) is 15.9 Å². The van der Waals surface area contributed by atoms with E-state index < -0.39 is 0 Å². The molecule has 6 heteroatoms. The quantitative estimate of drug-likeness (QED) is 0.749. The van der Waals surface area contributed by atoms with Crippen LogP contribution in [0.2, 0.25) is 0 Å². The molecule has 2 aliphatic rings. The molecule has 0 amide bonds. The van der Waals surface area contributed by atoms with Gasteiger partial charge in [-0.3, -0.25) is 10.3 Å². The van der Waals surface area contributed by atoms with Crippen LogP contribution in [0.5, 0.6) is 11.5 Å². The summed E-state index contributed by atoms with van der Waals surface area (Å²) in [5, 5.41) is 14.3. The maximum atomic E-state index is 10.5. The fourth-order valence-electron chi connectivity index (χ4n) is 4.11. The largest absolute Gasteiger partial charge is 0.508 e. The van der Waals surface area contributed by atoms with E-state index in [1.165, 1.54) is 0 Å². The smallest absolute Gasteiger partial charge is 0.120 e. The van der Waals surface area contributed by atoms with Crippen molar-refractivity contribution in [1.29, 1.82) is 0 Å². The molecule has 2 N–H and O–H groups in total. The van der Waals surface area contributed by atoms with Crippen LogP contribution in [0.15, 0.2) is 51.9 Å². The Hall–Kier alpha value is -1.89. The molecule has 1 saturated heterocycles. The molecule has 2 aromatic carbocycles. The fraction of sp³-hybridized carbons (Fsp3) is 0.409. The molecule has 4 rings (SSSR count). The molecule has 0 aliphatic carbocycles. The number of phenols is 1. The molecule has 5 nitrogen and oxygen atoms in total. The zero-order chi connectivity index (χ0) is 19.7. The highest BCUT2D eigenvalue weighted by Gasteiger charge is 2.40. The first-order valence-corrected chi connectivity index (χ1v) is 10.5. The van der Waals surface area contributed by atoms with Crippen LogP contribution in [0.1, 0.15) is 36.4 Å². The number of methoxy groups -OCH3 is 1. The van der Waals surface area contributed by atoms with Crippen LogP contribution >= 0.6 is 15.9 Å². The Morgan fingerprint density at radius 1 is 1.18 bits per heavy atom. The summed E-state index contributed by atoms with van der Waals surface area (Å²) >= 11 is 3.54. The van der Waals surface area contributed by atoms with E-state index in [1.807, 2.05) is 24.3 Å². The molecule has 1 spiro atoms. The van der Waals surface area contributed by atoms with Gasteiger partial charge in [0.15, 0.2) is 0 Å². The van der Waals surface area contributed by atoms with Crippen molar-refractivity contribution in [2.24, 2.45) is 4.99 Å². The number of hydrogen-bond donors (Lipinski definition) is 2. The molecule has 0 aromatic heterocycles. The van der Waals surface area contributed by atoms with Gasteiger partial charge in [-0.15, -0.1) is 0 Å². The van der Waals surface area contributed by atoms with E-state index in [4.69, 9.17) is 9.73 Å². The highest BCUT2D eigenvalue weighted by atomic mass is 79.9. The van der Waals surface area contributed by atoms with E-state index in [0.717, 1.165) is 59.4 Å². The average Bonchev–Trinajstić information content (AvgIpc) is 2.72. The van der Waals surface area contributed by atoms with Crippen molar-refractivity contribution in [1.82, 2.24) is 10.2 Å². The minimum Gasteiger partial charge on any atom is -0.508 e. The van der Waals surface area contributed by atoms with Gasteiger partial charge in [0.1, 0.15) is 17.2 Å². The van der Waals surface area contributed by atoms with Gasteiger partial charge in [0, 0.05) is 41.3 Å². The second-order valence-electron chi connectivity index (χ2n) is 7.73. The summed E-state index contributed by atoms with van der Waals surface area (Å²) in [7, 11) is 3.83. The van der Waals surface area contributed by atoms with Gasteiger partial charge in [-0.05, 0) is 67.9 Å². The zero-order valence-electron chi connectivity index (χ0n) is 16.3. The van der Waals surface area contributed by atoms with Crippen LogP contribution in [0.25, 0.3) is 0 Å². The summed E-state index contributed by atoms with van der Waals surface area (Å²) in [6.45, 7) is 2.01. The molecule has 0 saturated carbocycles. The lowest BCUT2D eigenvalue weighted by Gasteiger charge is -2.44. The van der Waals surface area contributed by atoms with Crippen LogP contribution in [-0.4, -0.2) is 48.6 Å². The highest BCUT2D eigenvalue weighted by Crippen LogP contribution is 2.38. The molecule has 0 unspecified atom stereocenters. The summed E-state index contributed by atoms with van der Waals surface area (Å²) < 4.78 is 6.27. The van der Waals surface area contributed by atoms with Gasteiger partial charge in [-0.25, -0.2) is 0 Å². The summed E-state index contributed by atoms with van der Waals surface area (Å²) in [6, 6.07) is 13.7. The van der Waals surface area contributed by atoms with Crippen LogP contribution < -0.4 is 10.1 Å². The van der Waals surface area contributed by atoms with Crippen LogP contribution in [0, 0.1) is 0 Å². The van der Waals surface area contributed by atoms with Crippen LogP contribution in [0.4, 0.5) is 0 Å². The predicted molar refractivity (Wildman–Crippen MR) is 115 cm³/mol. The van der Waals surface area contributed by atoms with E-state index in [0.29, 0.717) is 5.75 Å². The van der Waals surface area contributed by atoms with Gasteiger partial charge in [0.05, 0.1) is 7.11 Å². The fourth-order valence-corrected chi connectivity index (χ4v) is 4.49. The molecule has 1 atom stereocenters. The van der Waals surface area contributed by atoms with Crippen molar-refractivity contribution in [2.75, 3.05) is 27.2 Å². The first-order chi connectivity index (χ1) is 13.5. The van der Waals surface area contributed by atoms with Crippen molar-refractivity contribution in [3.63, 3.8) is 0 Å². The number of nitrogens with zero attached hydrogens (tertiary/aromatic N) is 2. The number of hydrogen-bond acceptors (Lipinski definition) is 5. The minimum atomic E-state index is -0.292. The van der Waals surface area contributed by atoms with E-state index in [1.54, 1.807) is 13.2 Å². The van der Waals surface area contributed by atoms with Crippen LogP contribution in [0.3, 0.4) is 0 Å². The summed E-state index contributed by atoms with van der Waals surface area (Å²) in [4.78, 5) is 7.55. The van der Waals surface area contributed by atoms with Gasteiger partial charge >= 0.3 is 0 Å². The Kier molecular flexibility index (Phi) is 5.45. The first-order valence-electron chi connectivity index (χ1n) is 9.66. The standard InChI is InChI=1S/C22H26BrN3O2/c1-26-11-9-22(10-12-26)24-19(15-3-6-17(28-2)7-4-15)14-20(25-22)18-13-16(23)5-8-21(18)27/h3-8,13,20,25,27H,9-12,14H2,1-2H3/t20-/m0/s1. The Bertz CT molecular complexity index is 874. The van der Waals surface area contributed by atoms with Gasteiger partial charge in [-0.2, -0.15) is 0 Å². The van der Waals surface area contributed by atoms with Gasteiger partial charge in [0.2, 0.25) is 0 Å². The topological polar surface area (TPSA) is 57.1 Å². The molecular formula is C22H26BrN3O2. The molecule has 0 bridgehead atoms. The number of nitrogens with one attached hydrogen (secondary N) is 1. The van der Waals surface area contributed by atoms with Crippen molar-refractivity contribution in [2.45, 2.75) is 31.0 Å². The SMILES string of the molecule is COc1ccc(C2=NC3(CCN(C)CC3)N[C@H](c3cc(Br)ccc3O)C2)cc1. The number of phenolic OH excluding ortho intramolecular Hbond substituents is 1. The van der Waals surface area contributed by atoms with Gasteiger partial charge < -0.3 is 14.7 Å². The molecule has 28 heavy (non-hydrogen) atoms. The van der Waals surface area contributed by atoms with Crippen molar-refractivity contribution in [3.05, 3.63) is 58.1 Å². The van der Waals surface area contributed by atoms with E-state index in [9.17, 15) is 5.11 Å². The van der Waals surface area contributed by atoms with E-state index in [2.05, 4.69) is 45.3 Å². The molecule has 1 fully saturated rings. The summed E-state index contributed by atoms with van der Waals surface area (Å²) in [5.74, 6) is 1.16. The molecule has 2 aliphatic heterocycles. The third kappa shape index (κ3) is 3.95. The number of likely N-dealkylation sites (tertiary alicyclic amines) is 1. The van der Waals surface area contributed by atoms with Crippen molar-refractivity contribution >= 4 is 21.6 Å². The lowest BCUT2D eigenvalue weighted by molar-refractivity contribution is 0.144. The summed E-state index contributed by atoms with van der Waals surface area (Å²) in [5.41, 5.74) is 2.81. The minimum absolute atomic E-state index is 0.00973. The number of aromatic hydroxyl groups is 1. The predicted octanol–water partition coefficient (Wildman–Crippen LogP) is 4.11. The normalized spacial score (nSPS) is 22.1. The Labute approximate surface area is 174 Å². The maximum Gasteiger partial charge on any atom is 0.120 e. The molecule has 2 aromatic rings. The van der Waals surface area contributed by atoms with E-state index >= 15 is 0 Å². The highest BCUT2D eigenvalue weighted by molar-refractivity contribution is 9.10. The third-order valence-electron chi connectivity index (χ3n) is 5.79. The number of benzene rings is 2. The van der Waals surface area contributed by atoms with E-state index in [-0.39, 0.29) is 11.7 Å². The zero-order valence-corrected chi connectivity index (χ0v) is 17.9. The second-order valence-corrected chi connectivity index (χ2v) is 8.64. The lowest BCUT2D eigenvalue weighted by Crippen LogP contribution is -2.55. The first kappa shape index (κ1) is 19.4. The number of ether oxygens (including phenoxy) is 1. The third-order valence-corrected chi connectivity index (χ3v) is 6.29. The Balaban J connectivity index is 1.73. The monoisotopic (exact) mass is 443 g/mol. The molecule has 148 valence electrons. The number of rotatable bonds is 3. The van der Waals surface area contributed by atoms with Crippen LogP contribution in [-0.2, 0) is 0 Å². The van der Waals surface area contributed by atoms with Crippen molar-refractivity contribution in [3.8, 4) is 11.5 Å². The second kappa shape index (κ2) is 7.85. The lowest BCUT2D eigenvalue weighted by atomic mass is 9.87. The molecule has 2 heterocycles. The Morgan fingerprint density at radius 2 is 1.89 bits per heavy atom. The molecule has 0 radical (unpaired) electrons. The number of piperidine rings is 1. The average molecular weight is 444 g/mol. The summed E-state index contributed by atoms with van der Waals surface area (Å²) in [6.07, 6.45) is 2.64. The maximum absolute atomic E-state index is 10.5. The van der Waals surface area contributed by atoms with Crippen molar-refractivity contribution < 1.29 is 9.84 Å². The number of halogens is 1. The molecular weight excluding hydrogens is 418 g/mol. The Morgan fingerprint density at radius 3 is 2.57 bits per heavy atom.